The fourth-order valence-electron chi connectivity index (χ4n) is 3.53. The van der Waals surface area contributed by atoms with E-state index in [9.17, 15) is 14.4 Å². The number of anilines is 1. The van der Waals surface area contributed by atoms with Crippen LogP contribution in [0, 0.1) is 0 Å². The largest absolute Gasteiger partial charge is 0.355 e. The molecule has 1 aromatic heterocycles. The van der Waals surface area contributed by atoms with Crippen molar-refractivity contribution in [2.24, 2.45) is 0 Å². The van der Waals surface area contributed by atoms with Gasteiger partial charge in [0.25, 0.3) is 17.7 Å². The molecule has 2 heterocycles. The minimum Gasteiger partial charge on any atom is -0.355 e. The van der Waals surface area contributed by atoms with Gasteiger partial charge in [0.05, 0.1) is 0 Å². The van der Waals surface area contributed by atoms with E-state index in [1.807, 2.05) is 19.1 Å². The van der Waals surface area contributed by atoms with Crippen molar-refractivity contribution in [1.29, 1.82) is 0 Å². The van der Waals surface area contributed by atoms with Crippen LogP contribution in [0.1, 0.15) is 49.6 Å². The third-order valence-corrected chi connectivity index (χ3v) is 5.02. The Morgan fingerprint density at radius 1 is 1.04 bits per heavy atom. The zero-order valence-electron chi connectivity index (χ0n) is 15.6. The molecule has 1 atom stereocenters. The van der Waals surface area contributed by atoms with E-state index in [-0.39, 0.29) is 23.6 Å². The first kappa shape index (κ1) is 17.8. The SMILES string of the molecule is CNC(=O)c1ccc(NC(=O)c2ccc3[nH]c4c(c3c2)C(C)CNC4=O)cc1. The van der Waals surface area contributed by atoms with Gasteiger partial charge >= 0.3 is 0 Å². The van der Waals surface area contributed by atoms with E-state index in [1.165, 1.54) is 0 Å². The summed E-state index contributed by atoms with van der Waals surface area (Å²) in [6.07, 6.45) is 0. The van der Waals surface area contributed by atoms with Crippen LogP contribution in [0.3, 0.4) is 0 Å². The lowest BCUT2D eigenvalue weighted by atomic mass is 9.93. The zero-order chi connectivity index (χ0) is 19.8. The van der Waals surface area contributed by atoms with Crippen LogP contribution in [-0.4, -0.2) is 36.3 Å². The fraction of sp³-hybridized carbons (Fsp3) is 0.190. The first-order chi connectivity index (χ1) is 13.5. The van der Waals surface area contributed by atoms with Crippen LogP contribution in [0.2, 0.25) is 0 Å². The highest BCUT2D eigenvalue weighted by molar-refractivity contribution is 6.08. The summed E-state index contributed by atoms with van der Waals surface area (Å²) < 4.78 is 0. The summed E-state index contributed by atoms with van der Waals surface area (Å²) >= 11 is 0. The molecule has 0 saturated heterocycles. The summed E-state index contributed by atoms with van der Waals surface area (Å²) in [5.41, 5.74) is 3.97. The molecule has 1 aliphatic rings. The molecule has 0 radical (unpaired) electrons. The third-order valence-electron chi connectivity index (χ3n) is 5.02. The molecule has 28 heavy (non-hydrogen) atoms. The van der Waals surface area contributed by atoms with Crippen LogP contribution in [-0.2, 0) is 0 Å². The van der Waals surface area contributed by atoms with Gasteiger partial charge in [-0.05, 0) is 48.0 Å². The first-order valence-corrected chi connectivity index (χ1v) is 9.05. The summed E-state index contributed by atoms with van der Waals surface area (Å²) in [5, 5.41) is 9.14. The summed E-state index contributed by atoms with van der Waals surface area (Å²) in [6.45, 7) is 2.62. The number of hydrogen-bond donors (Lipinski definition) is 4. The first-order valence-electron chi connectivity index (χ1n) is 9.05. The molecule has 0 bridgehead atoms. The number of aromatic nitrogens is 1. The lowest BCUT2D eigenvalue weighted by Gasteiger charge is -2.19. The number of rotatable bonds is 3. The molecular weight excluding hydrogens is 356 g/mol. The number of benzene rings is 2. The third kappa shape index (κ3) is 3.00. The molecule has 0 saturated carbocycles. The molecule has 4 rings (SSSR count). The van der Waals surface area contributed by atoms with Gasteiger partial charge in [-0.1, -0.05) is 6.92 Å². The van der Waals surface area contributed by atoms with Crippen LogP contribution in [0.5, 0.6) is 0 Å². The van der Waals surface area contributed by atoms with Crippen LogP contribution in [0.4, 0.5) is 5.69 Å². The Morgan fingerprint density at radius 2 is 1.75 bits per heavy atom. The Hall–Kier alpha value is -3.61. The molecule has 0 aliphatic carbocycles. The van der Waals surface area contributed by atoms with Crippen molar-refractivity contribution in [3.8, 4) is 0 Å². The van der Waals surface area contributed by atoms with Crippen molar-refractivity contribution < 1.29 is 14.4 Å². The maximum absolute atomic E-state index is 12.7. The fourth-order valence-corrected chi connectivity index (χ4v) is 3.53. The Balaban J connectivity index is 1.62. The van der Waals surface area contributed by atoms with Gasteiger partial charge in [-0.15, -0.1) is 0 Å². The van der Waals surface area contributed by atoms with Crippen molar-refractivity contribution in [3.05, 3.63) is 64.8 Å². The lowest BCUT2D eigenvalue weighted by Crippen LogP contribution is -2.33. The van der Waals surface area contributed by atoms with Crippen molar-refractivity contribution in [1.82, 2.24) is 15.6 Å². The van der Waals surface area contributed by atoms with Crippen molar-refractivity contribution >= 4 is 34.3 Å². The van der Waals surface area contributed by atoms with Crippen LogP contribution < -0.4 is 16.0 Å². The average molecular weight is 376 g/mol. The number of amides is 3. The monoisotopic (exact) mass is 376 g/mol. The maximum atomic E-state index is 12.7. The number of aromatic amines is 1. The molecule has 2 aromatic carbocycles. The Bertz CT molecular complexity index is 1100. The second kappa shape index (κ2) is 6.84. The average Bonchev–Trinajstić information content (AvgIpc) is 3.11. The Morgan fingerprint density at radius 3 is 2.46 bits per heavy atom. The number of carbonyl (C=O) groups excluding carboxylic acids is 3. The van der Waals surface area contributed by atoms with E-state index >= 15 is 0 Å². The van der Waals surface area contributed by atoms with E-state index in [1.54, 1.807) is 37.4 Å². The predicted octanol–water partition coefficient (Wildman–Crippen LogP) is 2.63. The topological polar surface area (TPSA) is 103 Å². The molecule has 4 N–H and O–H groups in total. The predicted molar refractivity (Wildman–Crippen MR) is 107 cm³/mol. The molecule has 0 fully saturated rings. The molecule has 1 aliphatic heterocycles. The maximum Gasteiger partial charge on any atom is 0.268 e. The van der Waals surface area contributed by atoms with Crippen molar-refractivity contribution in [2.45, 2.75) is 12.8 Å². The van der Waals surface area contributed by atoms with Crippen LogP contribution in [0.25, 0.3) is 10.9 Å². The van der Waals surface area contributed by atoms with Gasteiger partial charge in [0.1, 0.15) is 5.69 Å². The minimum atomic E-state index is -0.252. The number of nitrogens with one attached hydrogen (secondary N) is 4. The quantitative estimate of drug-likeness (QED) is 0.565. The van der Waals surface area contributed by atoms with Crippen LogP contribution >= 0.6 is 0 Å². The van der Waals surface area contributed by atoms with Gasteiger partial charge in [-0.25, -0.2) is 0 Å². The minimum absolute atomic E-state index is 0.119. The molecule has 3 aromatic rings. The summed E-state index contributed by atoms with van der Waals surface area (Å²) in [6, 6.07) is 12.0. The van der Waals surface area contributed by atoms with Gasteiger partial charge in [0.15, 0.2) is 0 Å². The lowest BCUT2D eigenvalue weighted by molar-refractivity contribution is 0.0934. The smallest absolute Gasteiger partial charge is 0.268 e. The standard InChI is InChI=1S/C21H20N4O3/c1-11-10-23-21(28)18-17(11)15-9-13(5-8-16(15)25-18)20(27)24-14-6-3-12(4-7-14)19(26)22-2/h3-9,11,25H,10H2,1-2H3,(H,22,26)(H,23,28)(H,24,27). The Labute approximate surface area is 161 Å². The highest BCUT2D eigenvalue weighted by Gasteiger charge is 2.27. The Kier molecular flexibility index (Phi) is 4.35. The van der Waals surface area contributed by atoms with Crippen molar-refractivity contribution in [2.75, 3.05) is 18.9 Å². The number of hydrogen-bond acceptors (Lipinski definition) is 3. The number of fused-ring (bicyclic) bond motifs is 3. The molecule has 7 nitrogen and oxygen atoms in total. The van der Waals surface area contributed by atoms with Crippen LogP contribution in [0.15, 0.2) is 42.5 Å². The second-order valence-corrected chi connectivity index (χ2v) is 6.90. The molecule has 0 spiro atoms. The molecular formula is C21H20N4O3. The van der Waals surface area contributed by atoms with Gasteiger partial charge in [0.2, 0.25) is 0 Å². The zero-order valence-corrected chi connectivity index (χ0v) is 15.6. The van der Waals surface area contributed by atoms with E-state index < -0.39 is 0 Å². The van der Waals surface area contributed by atoms with Gasteiger partial charge in [0, 0.05) is 47.2 Å². The van der Waals surface area contributed by atoms with E-state index in [0.29, 0.717) is 29.1 Å². The summed E-state index contributed by atoms with van der Waals surface area (Å²) in [7, 11) is 1.57. The van der Waals surface area contributed by atoms with Gasteiger partial charge < -0.3 is 20.9 Å². The van der Waals surface area contributed by atoms with E-state index in [0.717, 1.165) is 16.5 Å². The summed E-state index contributed by atoms with van der Waals surface area (Å²) in [4.78, 5) is 39.6. The normalized spacial score (nSPS) is 15.6. The van der Waals surface area contributed by atoms with Gasteiger partial charge in [-0.2, -0.15) is 0 Å². The second-order valence-electron chi connectivity index (χ2n) is 6.90. The number of H-pyrrole nitrogens is 1. The molecule has 142 valence electrons. The molecule has 3 amide bonds. The number of carbonyl (C=O) groups is 3. The van der Waals surface area contributed by atoms with Crippen molar-refractivity contribution in [3.63, 3.8) is 0 Å². The van der Waals surface area contributed by atoms with E-state index in [2.05, 4.69) is 20.9 Å². The summed E-state index contributed by atoms with van der Waals surface area (Å²) in [5.74, 6) is -0.389. The highest BCUT2D eigenvalue weighted by Crippen LogP contribution is 2.32. The highest BCUT2D eigenvalue weighted by atomic mass is 16.2. The molecule has 1 unspecified atom stereocenters. The van der Waals surface area contributed by atoms with Gasteiger partial charge in [-0.3, -0.25) is 14.4 Å². The molecule has 7 heteroatoms. The van der Waals surface area contributed by atoms with E-state index in [4.69, 9.17) is 0 Å².